The van der Waals surface area contributed by atoms with E-state index >= 15 is 0 Å². The van der Waals surface area contributed by atoms with Gasteiger partial charge in [0.2, 0.25) is 0 Å². The Morgan fingerprint density at radius 3 is 2.88 bits per heavy atom. The minimum Gasteiger partial charge on any atom is -0.493 e. The third kappa shape index (κ3) is 5.19. The van der Waals surface area contributed by atoms with E-state index in [4.69, 9.17) is 9.47 Å². The lowest BCUT2D eigenvalue weighted by Gasteiger charge is -2.10. The van der Waals surface area contributed by atoms with Crippen molar-refractivity contribution in [2.45, 2.75) is 13.5 Å². The van der Waals surface area contributed by atoms with Crippen LogP contribution in [-0.4, -0.2) is 24.5 Å². The van der Waals surface area contributed by atoms with Gasteiger partial charge in [-0.1, -0.05) is 12.1 Å². The molecule has 1 heterocycles. The molecule has 0 saturated heterocycles. The summed E-state index contributed by atoms with van der Waals surface area (Å²) in [6.07, 6.45) is 3.04. The fraction of sp³-hybridized carbons (Fsp3) is 0.211. The predicted molar refractivity (Wildman–Crippen MR) is 101 cm³/mol. The number of thiazole rings is 1. The molecule has 0 radical (unpaired) electrons. The van der Waals surface area contributed by atoms with Gasteiger partial charge in [0, 0.05) is 11.9 Å². The summed E-state index contributed by atoms with van der Waals surface area (Å²) in [5.74, 6) is 0.616. The van der Waals surface area contributed by atoms with Crippen LogP contribution in [-0.2, 0) is 11.4 Å². The number of nitriles is 1. The molecular weight excluding hydrogens is 350 g/mol. The highest BCUT2D eigenvalue weighted by Gasteiger charge is 2.10. The van der Waals surface area contributed by atoms with E-state index in [0.717, 1.165) is 10.7 Å². The monoisotopic (exact) mass is 369 g/mol. The number of aryl methyl sites for hydroxylation is 1. The Bertz CT molecular complexity index is 865. The van der Waals surface area contributed by atoms with Crippen LogP contribution in [0, 0.1) is 18.3 Å². The van der Waals surface area contributed by atoms with E-state index in [1.165, 1.54) is 13.2 Å². The average Bonchev–Trinajstić information content (AvgIpc) is 3.07. The molecule has 1 aromatic carbocycles. The van der Waals surface area contributed by atoms with Crippen molar-refractivity contribution in [3.63, 3.8) is 0 Å². The van der Waals surface area contributed by atoms with E-state index < -0.39 is 5.91 Å². The number of rotatable bonds is 8. The van der Waals surface area contributed by atoms with Gasteiger partial charge in [0.15, 0.2) is 11.5 Å². The number of hydrogen-bond acceptors (Lipinski definition) is 6. The van der Waals surface area contributed by atoms with Crippen LogP contribution in [0.3, 0.4) is 0 Å². The van der Waals surface area contributed by atoms with Crippen LogP contribution in [0.1, 0.15) is 16.3 Å². The molecule has 0 aliphatic carbocycles. The summed E-state index contributed by atoms with van der Waals surface area (Å²) >= 11 is 1.56. The van der Waals surface area contributed by atoms with Crippen molar-refractivity contribution in [1.29, 1.82) is 5.26 Å². The zero-order valence-electron chi connectivity index (χ0n) is 14.6. The topological polar surface area (TPSA) is 84.2 Å². The first-order chi connectivity index (χ1) is 12.6. The molecule has 0 aliphatic heterocycles. The summed E-state index contributed by atoms with van der Waals surface area (Å²) in [4.78, 5) is 16.3. The largest absolute Gasteiger partial charge is 0.493 e. The molecule has 0 fully saturated rings. The van der Waals surface area contributed by atoms with Crippen molar-refractivity contribution in [1.82, 2.24) is 10.3 Å². The van der Waals surface area contributed by atoms with Crippen molar-refractivity contribution in [2.24, 2.45) is 0 Å². The molecule has 0 spiro atoms. The van der Waals surface area contributed by atoms with E-state index in [1.807, 2.05) is 18.4 Å². The van der Waals surface area contributed by atoms with Crippen LogP contribution >= 0.6 is 11.3 Å². The van der Waals surface area contributed by atoms with Crippen LogP contribution in [0.15, 0.2) is 41.8 Å². The fourth-order valence-corrected chi connectivity index (χ4v) is 2.69. The lowest BCUT2D eigenvalue weighted by Crippen LogP contribution is -2.24. The summed E-state index contributed by atoms with van der Waals surface area (Å²) in [5, 5.41) is 14.7. The van der Waals surface area contributed by atoms with Crippen molar-refractivity contribution in [2.75, 3.05) is 13.7 Å². The zero-order chi connectivity index (χ0) is 18.9. The van der Waals surface area contributed by atoms with E-state index in [-0.39, 0.29) is 5.57 Å². The van der Waals surface area contributed by atoms with Crippen molar-refractivity contribution >= 4 is 23.3 Å². The van der Waals surface area contributed by atoms with E-state index in [0.29, 0.717) is 30.2 Å². The molecule has 0 bridgehead atoms. The highest BCUT2D eigenvalue weighted by atomic mass is 32.1. The SMILES string of the molecule is C=CCNC(=O)/C(C#N)=C/c1ccc(OCc2csc(C)n2)c(OC)c1. The number of carbonyl (C=O) groups excluding carboxylic acids is 1. The van der Waals surface area contributed by atoms with Crippen molar-refractivity contribution in [3.05, 3.63) is 58.1 Å². The standard InChI is InChI=1S/C19H19N3O3S/c1-4-7-21-19(23)15(10-20)8-14-5-6-17(18(9-14)24-3)25-11-16-12-26-13(2)22-16/h4-6,8-9,12H,1,7,11H2,2-3H3,(H,21,23)/b15-8+. The smallest absolute Gasteiger partial charge is 0.262 e. The number of aromatic nitrogens is 1. The first kappa shape index (κ1) is 19.2. The van der Waals surface area contributed by atoms with Crippen LogP contribution in [0.2, 0.25) is 0 Å². The van der Waals surface area contributed by atoms with Gasteiger partial charge in [-0.3, -0.25) is 4.79 Å². The Morgan fingerprint density at radius 1 is 1.46 bits per heavy atom. The summed E-state index contributed by atoms with van der Waals surface area (Å²) in [6.45, 7) is 6.09. The Labute approximate surface area is 156 Å². The van der Waals surface area contributed by atoms with Crippen LogP contribution in [0.4, 0.5) is 0 Å². The number of amides is 1. The molecule has 0 atom stereocenters. The van der Waals surface area contributed by atoms with E-state index in [9.17, 15) is 10.1 Å². The highest BCUT2D eigenvalue weighted by Crippen LogP contribution is 2.29. The Hall–Kier alpha value is -3.11. The molecule has 0 aliphatic rings. The minimum absolute atomic E-state index is 0.000481. The maximum absolute atomic E-state index is 11.9. The van der Waals surface area contributed by atoms with Gasteiger partial charge in [-0.2, -0.15) is 5.26 Å². The lowest BCUT2D eigenvalue weighted by molar-refractivity contribution is -0.116. The summed E-state index contributed by atoms with van der Waals surface area (Å²) in [5.41, 5.74) is 1.51. The van der Waals surface area contributed by atoms with Crippen LogP contribution in [0.25, 0.3) is 6.08 Å². The highest BCUT2D eigenvalue weighted by molar-refractivity contribution is 7.09. The number of carbonyl (C=O) groups is 1. The molecule has 1 N–H and O–H groups in total. The van der Waals surface area contributed by atoms with E-state index in [1.54, 1.807) is 35.6 Å². The second-order valence-corrected chi connectivity index (χ2v) is 6.29. The fourth-order valence-electron chi connectivity index (χ4n) is 2.09. The minimum atomic E-state index is -0.453. The Kier molecular flexibility index (Phi) is 6.94. The summed E-state index contributed by atoms with van der Waals surface area (Å²) in [7, 11) is 1.53. The molecule has 6 nitrogen and oxygen atoms in total. The quantitative estimate of drug-likeness (QED) is 0.439. The van der Waals surface area contributed by atoms with Gasteiger partial charge in [0.05, 0.1) is 17.8 Å². The first-order valence-corrected chi connectivity index (χ1v) is 8.68. The lowest BCUT2D eigenvalue weighted by atomic mass is 10.1. The summed E-state index contributed by atoms with van der Waals surface area (Å²) < 4.78 is 11.1. The number of nitrogens with zero attached hydrogens (tertiary/aromatic N) is 2. The third-order valence-corrected chi connectivity index (χ3v) is 4.14. The second-order valence-electron chi connectivity index (χ2n) is 5.23. The zero-order valence-corrected chi connectivity index (χ0v) is 15.4. The molecule has 0 unspecified atom stereocenters. The molecule has 2 aromatic rings. The normalized spacial score (nSPS) is 10.7. The number of ether oxygens (including phenoxy) is 2. The molecular formula is C19H19N3O3S. The molecule has 1 amide bonds. The maximum Gasteiger partial charge on any atom is 0.262 e. The van der Waals surface area contributed by atoms with Gasteiger partial charge in [0.25, 0.3) is 5.91 Å². The van der Waals surface area contributed by atoms with Gasteiger partial charge in [-0.15, -0.1) is 17.9 Å². The number of benzene rings is 1. The maximum atomic E-state index is 11.9. The Balaban J connectivity index is 2.16. The van der Waals surface area contributed by atoms with Crippen molar-refractivity contribution < 1.29 is 14.3 Å². The van der Waals surface area contributed by atoms with Crippen molar-refractivity contribution in [3.8, 4) is 17.6 Å². The van der Waals surface area contributed by atoms with Crippen LogP contribution < -0.4 is 14.8 Å². The van der Waals surface area contributed by atoms with E-state index in [2.05, 4.69) is 16.9 Å². The van der Waals surface area contributed by atoms with Crippen LogP contribution in [0.5, 0.6) is 11.5 Å². The van der Waals surface area contributed by atoms with Gasteiger partial charge in [-0.05, 0) is 30.7 Å². The molecule has 2 rings (SSSR count). The average molecular weight is 369 g/mol. The Morgan fingerprint density at radius 2 is 2.27 bits per heavy atom. The first-order valence-electron chi connectivity index (χ1n) is 7.80. The van der Waals surface area contributed by atoms with Gasteiger partial charge >= 0.3 is 0 Å². The predicted octanol–water partition coefficient (Wildman–Crippen LogP) is 3.25. The molecule has 0 saturated carbocycles. The van der Waals surface area contributed by atoms with Gasteiger partial charge < -0.3 is 14.8 Å². The van der Waals surface area contributed by atoms with Gasteiger partial charge in [-0.25, -0.2) is 4.98 Å². The molecule has 26 heavy (non-hydrogen) atoms. The molecule has 134 valence electrons. The number of hydrogen-bond donors (Lipinski definition) is 1. The third-order valence-electron chi connectivity index (χ3n) is 3.31. The molecule has 7 heteroatoms. The van der Waals surface area contributed by atoms with Gasteiger partial charge in [0.1, 0.15) is 18.2 Å². The summed E-state index contributed by atoms with van der Waals surface area (Å²) in [6, 6.07) is 7.09. The number of methoxy groups -OCH3 is 1. The molecule has 1 aromatic heterocycles. The number of nitrogens with one attached hydrogen (secondary N) is 1. The second kappa shape index (κ2) is 9.39.